The molecule has 1 amide bonds. The molecule has 1 aliphatic rings. The van der Waals surface area contributed by atoms with Crippen molar-refractivity contribution in [2.45, 2.75) is 6.92 Å². The number of sulfonamides is 1. The largest absolute Gasteiger partial charge is 0.369 e. The predicted octanol–water partition coefficient (Wildman–Crippen LogP) is 2.97. The quantitative estimate of drug-likeness (QED) is 0.625. The molecule has 7 nitrogen and oxygen atoms in total. The van der Waals surface area contributed by atoms with Crippen LogP contribution in [0.25, 0.3) is 10.2 Å². The molecule has 0 aliphatic carbocycles. The summed E-state index contributed by atoms with van der Waals surface area (Å²) in [5.74, 6) is -3.53. The monoisotopic (exact) mass is 466 g/mol. The van der Waals surface area contributed by atoms with Crippen LogP contribution in [0.4, 0.5) is 19.6 Å². The zero-order valence-corrected chi connectivity index (χ0v) is 18.3. The maximum Gasteiger partial charge on any atom is 0.242 e. The average Bonchev–Trinajstić information content (AvgIpc) is 3.08. The summed E-state index contributed by atoms with van der Waals surface area (Å²) in [6.45, 7) is 3.62. The molecule has 1 fully saturated rings. The van der Waals surface area contributed by atoms with E-state index in [4.69, 9.17) is 0 Å². The Hall–Kier alpha value is -2.63. The second kappa shape index (κ2) is 8.48. The SMILES string of the molecule is Cc1cccc(N2CCN(S(=O)(=O)CC(=O)Nc3nc4cc(F)c(F)cc4s3)CC2)c1. The Morgan fingerprint density at radius 3 is 2.55 bits per heavy atom. The van der Waals surface area contributed by atoms with Crippen molar-refractivity contribution in [3.8, 4) is 0 Å². The van der Waals surface area contributed by atoms with Crippen LogP contribution < -0.4 is 10.2 Å². The van der Waals surface area contributed by atoms with E-state index in [1.165, 1.54) is 4.31 Å². The Bertz CT molecular complexity index is 1200. The van der Waals surface area contributed by atoms with Gasteiger partial charge in [0.2, 0.25) is 15.9 Å². The maximum absolute atomic E-state index is 13.3. The molecule has 0 atom stereocenters. The standard InChI is InChI=1S/C20H20F2N4O3S2/c1-13-3-2-4-14(9-13)25-5-7-26(8-6-25)31(28,29)12-19(27)24-20-23-17-10-15(21)16(22)11-18(17)30-20/h2-4,9-11H,5-8,12H2,1H3,(H,23,24,27). The number of carbonyl (C=O) groups excluding carboxylic acids is 1. The van der Waals surface area contributed by atoms with Crippen LogP contribution >= 0.6 is 11.3 Å². The fourth-order valence-electron chi connectivity index (χ4n) is 3.44. The molecule has 3 aromatic rings. The molecule has 1 aromatic heterocycles. The summed E-state index contributed by atoms with van der Waals surface area (Å²) < 4.78 is 53.7. The first-order chi connectivity index (χ1) is 14.7. The maximum atomic E-state index is 13.3. The van der Waals surface area contributed by atoms with Crippen LogP contribution in [-0.4, -0.2) is 55.5 Å². The number of nitrogens with zero attached hydrogens (tertiary/aromatic N) is 3. The number of amides is 1. The minimum Gasteiger partial charge on any atom is -0.369 e. The number of piperazine rings is 1. The average molecular weight is 467 g/mol. The summed E-state index contributed by atoms with van der Waals surface area (Å²) in [5, 5.41) is 2.50. The molecule has 0 spiro atoms. The van der Waals surface area contributed by atoms with Crippen molar-refractivity contribution < 1.29 is 22.0 Å². The summed E-state index contributed by atoms with van der Waals surface area (Å²) in [6.07, 6.45) is 0. The van der Waals surface area contributed by atoms with Crippen molar-refractivity contribution in [3.63, 3.8) is 0 Å². The van der Waals surface area contributed by atoms with Gasteiger partial charge in [-0.1, -0.05) is 23.5 Å². The van der Waals surface area contributed by atoms with Gasteiger partial charge >= 0.3 is 0 Å². The van der Waals surface area contributed by atoms with Crippen molar-refractivity contribution in [1.82, 2.24) is 9.29 Å². The number of anilines is 2. The third kappa shape index (κ3) is 4.83. The van der Waals surface area contributed by atoms with E-state index in [0.717, 1.165) is 34.7 Å². The topological polar surface area (TPSA) is 82.6 Å². The van der Waals surface area contributed by atoms with Gasteiger partial charge in [0.25, 0.3) is 0 Å². The number of hydrogen-bond acceptors (Lipinski definition) is 6. The molecule has 4 rings (SSSR count). The number of fused-ring (bicyclic) bond motifs is 1. The molecule has 11 heteroatoms. The normalized spacial score (nSPS) is 15.4. The Kier molecular flexibility index (Phi) is 5.91. The summed E-state index contributed by atoms with van der Waals surface area (Å²) in [6, 6.07) is 9.92. The first-order valence-electron chi connectivity index (χ1n) is 9.56. The van der Waals surface area contributed by atoms with Gasteiger partial charge in [0.05, 0.1) is 10.2 Å². The van der Waals surface area contributed by atoms with Crippen molar-refractivity contribution in [2.75, 3.05) is 42.1 Å². The van der Waals surface area contributed by atoms with Gasteiger partial charge in [-0.2, -0.15) is 4.31 Å². The van der Waals surface area contributed by atoms with Gasteiger partial charge in [-0.15, -0.1) is 0 Å². The van der Waals surface area contributed by atoms with Crippen molar-refractivity contribution in [1.29, 1.82) is 0 Å². The minimum absolute atomic E-state index is 0.0875. The fourth-order valence-corrected chi connectivity index (χ4v) is 5.63. The molecule has 0 bridgehead atoms. The Morgan fingerprint density at radius 2 is 1.84 bits per heavy atom. The smallest absolute Gasteiger partial charge is 0.242 e. The van der Waals surface area contributed by atoms with Crippen LogP contribution in [0.1, 0.15) is 5.56 Å². The van der Waals surface area contributed by atoms with E-state index in [2.05, 4.69) is 15.2 Å². The first kappa shape index (κ1) is 21.6. The highest BCUT2D eigenvalue weighted by Gasteiger charge is 2.29. The molecular weight excluding hydrogens is 446 g/mol. The van der Waals surface area contributed by atoms with Crippen LogP contribution in [0.15, 0.2) is 36.4 Å². The lowest BCUT2D eigenvalue weighted by atomic mass is 10.2. The van der Waals surface area contributed by atoms with Crippen molar-refractivity contribution in [2.24, 2.45) is 0 Å². The number of thiazole rings is 1. The molecule has 2 heterocycles. The van der Waals surface area contributed by atoms with E-state index in [1.54, 1.807) is 0 Å². The summed E-state index contributed by atoms with van der Waals surface area (Å²) >= 11 is 0.944. The van der Waals surface area contributed by atoms with Crippen molar-refractivity contribution >= 4 is 48.3 Å². The first-order valence-corrected chi connectivity index (χ1v) is 12.0. The summed E-state index contributed by atoms with van der Waals surface area (Å²) in [5.41, 5.74) is 2.36. The second-order valence-corrected chi connectivity index (χ2v) is 10.3. The van der Waals surface area contributed by atoms with Gasteiger partial charge in [0.15, 0.2) is 16.8 Å². The van der Waals surface area contributed by atoms with E-state index in [-0.39, 0.29) is 23.7 Å². The molecule has 0 saturated carbocycles. The molecule has 2 aromatic carbocycles. The predicted molar refractivity (Wildman–Crippen MR) is 117 cm³/mol. The van der Waals surface area contributed by atoms with Crippen LogP contribution in [-0.2, 0) is 14.8 Å². The number of carbonyl (C=O) groups is 1. The fraction of sp³-hybridized carbons (Fsp3) is 0.300. The van der Waals surface area contributed by atoms with Crippen LogP contribution in [0, 0.1) is 18.6 Å². The molecular formula is C20H20F2N4O3S2. The van der Waals surface area contributed by atoms with Gasteiger partial charge in [-0.3, -0.25) is 4.79 Å². The van der Waals surface area contributed by atoms with E-state index in [0.29, 0.717) is 17.8 Å². The van der Waals surface area contributed by atoms with Gasteiger partial charge < -0.3 is 10.2 Å². The molecule has 164 valence electrons. The van der Waals surface area contributed by atoms with Gasteiger partial charge in [-0.05, 0) is 30.7 Å². The van der Waals surface area contributed by atoms with E-state index in [9.17, 15) is 22.0 Å². The molecule has 0 radical (unpaired) electrons. The van der Waals surface area contributed by atoms with E-state index < -0.39 is 33.3 Å². The van der Waals surface area contributed by atoms with E-state index >= 15 is 0 Å². The Labute approximate surface area is 182 Å². The Morgan fingerprint density at radius 1 is 1.13 bits per heavy atom. The van der Waals surface area contributed by atoms with E-state index in [1.807, 2.05) is 31.2 Å². The molecule has 1 aliphatic heterocycles. The lowest BCUT2D eigenvalue weighted by Crippen LogP contribution is -2.50. The molecule has 1 saturated heterocycles. The third-order valence-electron chi connectivity index (χ3n) is 4.99. The molecule has 31 heavy (non-hydrogen) atoms. The number of benzene rings is 2. The minimum atomic E-state index is -3.81. The Balaban J connectivity index is 1.37. The lowest BCUT2D eigenvalue weighted by molar-refractivity contribution is -0.113. The van der Waals surface area contributed by atoms with Crippen LogP contribution in [0.5, 0.6) is 0 Å². The number of halogens is 2. The zero-order valence-electron chi connectivity index (χ0n) is 16.6. The lowest BCUT2D eigenvalue weighted by Gasteiger charge is -2.35. The molecule has 0 unspecified atom stereocenters. The van der Waals surface area contributed by atoms with Crippen molar-refractivity contribution in [3.05, 3.63) is 53.6 Å². The zero-order chi connectivity index (χ0) is 22.2. The van der Waals surface area contributed by atoms with Crippen LogP contribution in [0.2, 0.25) is 0 Å². The second-order valence-electron chi connectivity index (χ2n) is 7.28. The number of aryl methyl sites for hydroxylation is 1. The summed E-state index contributed by atoms with van der Waals surface area (Å²) in [4.78, 5) is 18.4. The number of rotatable bonds is 5. The summed E-state index contributed by atoms with van der Waals surface area (Å²) in [7, 11) is -3.81. The van der Waals surface area contributed by atoms with Gasteiger partial charge in [-0.25, -0.2) is 22.2 Å². The number of nitrogens with one attached hydrogen (secondary N) is 1. The number of aromatic nitrogens is 1. The highest BCUT2D eigenvalue weighted by Crippen LogP contribution is 2.28. The highest BCUT2D eigenvalue weighted by atomic mass is 32.2. The van der Waals surface area contributed by atoms with Gasteiger partial charge in [0, 0.05) is 37.9 Å². The van der Waals surface area contributed by atoms with Gasteiger partial charge in [0.1, 0.15) is 5.75 Å². The highest BCUT2D eigenvalue weighted by molar-refractivity contribution is 7.89. The third-order valence-corrected chi connectivity index (χ3v) is 7.70. The van der Waals surface area contributed by atoms with Crippen LogP contribution in [0.3, 0.4) is 0 Å². The molecule has 1 N–H and O–H groups in total. The number of hydrogen-bond donors (Lipinski definition) is 1.